The first kappa shape index (κ1) is 19.0. The molecule has 0 amide bonds. The van der Waals surface area contributed by atoms with Crippen molar-refractivity contribution in [1.82, 2.24) is 4.90 Å². The largest absolute Gasteiger partial charge is 0.461 e. The zero-order chi connectivity index (χ0) is 16.1. The summed E-state index contributed by atoms with van der Waals surface area (Å²) in [5, 5.41) is 0. The predicted octanol–water partition coefficient (Wildman–Crippen LogP) is 4.19. The SMILES string of the molecule is CC(CN1CCCC1)OC(=O)C(c1ccccc1)C1C=CCC1.Cl. The Morgan fingerprint density at radius 1 is 1.25 bits per heavy atom. The van der Waals surface area contributed by atoms with E-state index in [1.807, 2.05) is 37.3 Å². The topological polar surface area (TPSA) is 29.5 Å². The fourth-order valence-corrected chi connectivity index (χ4v) is 3.79. The van der Waals surface area contributed by atoms with Crippen LogP contribution in [-0.2, 0) is 9.53 Å². The van der Waals surface area contributed by atoms with E-state index >= 15 is 0 Å². The molecule has 1 aliphatic carbocycles. The van der Waals surface area contributed by atoms with Crippen LogP contribution < -0.4 is 0 Å². The Hall–Kier alpha value is -1.32. The van der Waals surface area contributed by atoms with Crippen LogP contribution in [-0.4, -0.2) is 36.6 Å². The maximum Gasteiger partial charge on any atom is 0.314 e. The van der Waals surface area contributed by atoms with Gasteiger partial charge in [0.2, 0.25) is 0 Å². The Labute approximate surface area is 151 Å². The molecule has 0 saturated carbocycles. The van der Waals surface area contributed by atoms with Crippen LogP contribution in [0.4, 0.5) is 0 Å². The molecule has 132 valence electrons. The summed E-state index contributed by atoms with van der Waals surface area (Å²) in [6.07, 6.45) is 8.95. The lowest BCUT2D eigenvalue weighted by molar-refractivity contribution is -0.151. The van der Waals surface area contributed by atoms with E-state index in [4.69, 9.17) is 4.74 Å². The number of nitrogens with zero attached hydrogens (tertiary/aromatic N) is 1. The fourth-order valence-electron chi connectivity index (χ4n) is 3.79. The van der Waals surface area contributed by atoms with Crippen LogP contribution in [0.15, 0.2) is 42.5 Å². The highest BCUT2D eigenvalue weighted by Crippen LogP contribution is 2.34. The van der Waals surface area contributed by atoms with Crippen LogP contribution >= 0.6 is 12.4 Å². The number of rotatable bonds is 6. The maximum absolute atomic E-state index is 12.8. The van der Waals surface area contributed by atoms with E-state index in [-0.39, 0.29) is 36.3 Å². The highest BCUT2D eigenvalue weighted by atomic mass is 35.5. The fraction of sp³-hybridized carbons (Fsp3) is 0.550. The Morgan fingerprint density at radius 3 is 2.58 bits per heavy atom. The van der Waals surface area contributed by atoms with Crippen LogP contribution in [0.1, 0.15) is 44.1 Å². The van der Waals surface area contributed by atoms with E-state index in [1.54, 1.807) is 0 Å². The molecule has 1 saturated heterocycles. The Balaban J connectivity index is 0.00000208. The van der Waals surface area contributed by atoms with Gasteiger partial charge >= 0.3 is 5.97 Å². The van der Waals surface area contributed by atoms with Crippen molar-refractivity contribution in [2.24, 2.45) is 5.92 Å². The van der Waals surface area contributed by atoms with Crippen LogP contribution in [0.5, 0.6) is 0 Å². The minimum Gasteiger partial charge on any atom is -0.461 e. The first-order valence-corrected chi connectivity index (χ1v) is 8.88. The molecule has 0 N–H and O–H groups in total. The van der Waals surface area contributed by atoms with Gasteiger partial charge in [-0.3, -0.25) is 9.69 Å². The molecule has 0 aromatic heterocycles. The van der Waals surface area contributed by atoms with Gasteiger partial charge in [-0.15, -0.1) is 12.4 Å². The number of carbonyl (C=O) groups is 1. The molecular weight excluding hydrogens is 322 g/mol. The highest BCUT2D eigenvalue weighted by Gasteiger charge is 2.32. The monoisotopic (exact) mass is 349 g/mol. The summed E-state index contributed by atoms with van der Waals surface area (Å²) >= 11 is 0. The third-order valence-corrected chi connectivity index (χ3v) is 4.92. The molecule has 1 aliphatic heterocycles. The highest BCUT2D eigenvalue weighted by molar-refractivity contribution is 5.85. The van der Waals surface area contributed by atoms with Gasteiger partial charge in [0.15, 0.2) is 0 Å². The van der Waals surface area contributed by atoms with Crippen molar-refractivity contribution in [2.45, 2.75) is 44.6 Å². The third-order valence-electron chi connectivity index (χ3n) is 4.92. The first-order chi connectivity index (χ1) is 11.2. The number of carbonyl (C=O) groups excluding carboxylic acids is 1. The van der Waals surface area contributed by atoms with E-state index in [0.29, 0.717) is 0 Å². The molecule has 3 nitrogen and oxygen atoms in total. The Bertz CT molecular complexity index is 540. The lowest BCUT2D eigenvalue weighted by Crippen LogP contribution is -2.33. The molecule has 1 aromatic carbocycles. The molecule has 24 heavy (non-hydrogen) atoms. The summed E-state index contributed by atoms with van der Waals surface area (Å²) in [5.74, 6) is 0.0271. The van der Waals surface area contributed by atoms with Crippen molar-refractivity contribution in [1.29, 1.82) is 0 Å². The minimum absolute atomic E-state index is 0. The molecule has 4 heteroatoms. The second-order valence-corrected chi connectivity index (χ2v) is 6.81. The van der Waals surface area contributed by atoms with Gasteiger partial charge in [0.1, 0.15) is 6.10 Å². The summed E-state index contributed by atoms with van der Waals surface area (Å²) in [7, 11) is 0. The van der Waals surface area contributed by atoms with Crippen molar-refractivity contribution < 1.29 is 9.53 Å². The average Bonchev–Trinajstić information content (AvgIpc) is 3.22. The molecule has 3 rings (SSSR count). The molecule has 0 bridgehead atoms. The normalized spacial score (nSPS) is 22.8. The molecule has 0 radical (unpaired) electrons. The number of allylic oxidation sites excluding steroid dienone is 2. The van der Waals surface area contributed by atoms with Crippen LogP contribution in [0, 0.1) is 5.92 Å². The van der Waals surface area contributed by atoms with E-state index in [0.717, 1.165) is 38.0 Å². The number of likely N-dealkylation sites (tertiary alicyclic amines) is 1. The molecule has 1 heterocycles. The van der Waals surface area contributed by atoms with E-state index in [2.05, 4.69) is 17.1 Å². The van der Waals surface area contributed by atoms with Crippen molar-refractivity contribution in [2.75, 3.05) is 19.6 Å². The Morgan fingerprint density at radius 2 is 1.96 bits per heavy atom. The van der Waals surface area contributed by atoms with Crippen molar-refractivity contribution >= 4 is 18.4 Å². The van der Waals surface area contributed by atoms with Gasteiger partial charge in [-0.2, -0.15) is 0 Å². The zero-order valence-corrected chi connectivity index (χ0v) is 15.2. The standard InChI is InChI=1S/C20H27NO2.ClH/c1-16(15-21-13-7-8-14-21)23-20(22)19(18-11-5-6-12-18)17-9-3-2-4-10-17;/h2-5,9-11,16,18-19H,6-8,12-15H2,1H3;1H. The molecule has 1 aromatic rings. The molecular formula is C20H28ClNO2. The van der Waals surface area contributed by atoms with Crippen LogP contribution in [0.25, 0.3) is 0 Å². The lowest BCUT2D eigenvalue weighted by atomic mass is 9.85. The summed E-state index contributed by atoms with van der Waals surface area (Å²) in [6, 6.07) is 10.1. The smallest absolute Gasteiger partial charge is 0.314 e. The molecule has 0 spiro atoms. The summed E-state index contributed by atoms with van der Waals surface area (Å²) in [4.78, 5) is 15.2. The van der Waals surface area contributed by atoms with Gasteiger partial charge in [0.25, 0.3) is 0 Å². The second-order valence-electron chi connectivity index (χ2n) is 6.81. The van der Waals surface area contributed by atoms with Crippen molar-refractivity contribution in [3.05, 3.63) is 48.0 Å². The molecule has 3 atom stereocenters. The second kappa shape index (κ2) is 9.24. The predicted molar refractivity (Wildman–Crippen MR) is 99.5 cm³/mol. The van der Waals surface area contributed by atoms with E-state index in [9.17, 15) is 4.79 Å². The van der Waals surface area contributed by atoms with Crippen LogP contribution in [0.3, 0.4) is 0 Å². The molecule has 3 unspecified atom stereocenters. The molecule has 2 aliphatic rings. The first-order valence-electron chi connectivity index (χ1n) is 8.88. The van der Waals surface area contributed by atoms with Crippen LogP contribution in [0.2, 0.25) is 0 Å². The van der Waals surface area contributed by atoms with Gasteiger partial charge in [0.05, 0.1) is 5.92 Å². The summed E-state index contributed by atoms with van der Waals surface area (Å²) < 4.78 is 5.83. The van der Waals surface area contributed by atoms with Gasteiger partial charge < -0.3 is 4.74 Å². The minimum atomic E-state index is -0.170. The number of hydrogen-bond acceptors (Lipinski definition) is 3. The number of esters is 1. The van der Waals surface area contributed by atoms with Crippen molar-refractivity contribution in [3.8, 4) is 0 Å². The molecule has 1 fully saturated rings. The van der Waals surface area contributed by atoms with E-state index < -0.39 is 0 Å². The van der Waals surface area contributed by atoms with Gasteiger partial charge in [-0.25, -0.2) is 0 Å². The number of ether oxygens (including phenoxy) is 1. The van der Waals surface area contributed by atoms with Crippen molar-refractivity contribution in [3.63, 3.8) is 0 Å². The average molecular weight is 350 g/mol. The summed E-state index contributed by atoms with van der Waals surface area (Å²) in [6.45, 7) is 5.14. The third kappa shape index (κ3) is 4.84. The maximum atomic E-state index is 12.8. The van der Waals surface area contributed by atoms with Gasteiger partial charge in [-0.1, -0.05) is 42.5 Å². The number of halogens is 1. The number of hydrogen-bond donors (Lipinski definition) is 0. The Kier molecular flexibility index (Phi) is 7.32. The quantitative estimate of drug-likeness (QED) is 0.569. The summed E-state index contributed by atoms with van der Waals surface area (Å²) in [5.41, 5.74) is 1.07. The zero-order valence-electron chi connectivity index (χ0n) is 14.4. The number of benzene rings is 1. The van der Waals surface area contributed by atoms with Gasteiger partial charge in [0, 0.05) is 6.54 Å². The lowest BCUT2D eigenvalue weighted by Gasteiger charge is -2.25. The van der Waals surface area contributed by atoms with E-state index in [1.165, 1.54) is 12.8 Å². The van der Waals surface area contributed by atoms with Gasteiger partial charge in [-0.05, 0) is 57.2 Å².